The minimum Gasteiger partial charge on any atom is -0.381 e. The van der Waals surface area contributed by atoms with Gasteiger partial charge in [0.15, 0.2) is 0 Å². The van der Waals surface area contributed by atoms with Gasteiger partial charge in [-0.15, -0.1) is 0 Å². The van der Waals surface area contributed by atoms with E-state index in [1.807, 2.05) is 18.1 Å². The van der Waals surface area contributed by atoms with Crippen molar-refractivity contribution in [1.82, 2.24) is 4.98 Å². The molecule has 1 aromatic carbocycles. The van der Waals surface area contributed by atoms with Gasteiger partial charge in [0.05, 0.1) is 37.2 Å². The average Bonchev–Trinajstić information content (AvgIpc) is 3.76. The number of rotatable bonds is 5. The van der Waals surface area contributed by atoms with Gasteiger partial charge in [-0.1, -0.05) is 6.07 Å². The summed E-state index contributed by atoms with van der Waals surface area (Å²) in [5, 5.41) is 3.51. The molecule has 0 bridgehead atoms. The van der Waals surface area contributed by atoms with E-state index < -0.39 is 0 Å². The Bertz CT molecular complexity index is 1060. The molecule has 1 amide bonds. The fourth-order valence-electron chi connectivity index (χ4n) is 6.24. The lowest BCUT2D eigenvalue weighted by Gasteiger charge is -2.35. The molecule has 3 fully saturated rings. The molecular formula is C28H36N4O3. The zero-order valence-corrected chi connectivity index (χ0v) is 20.6. The van der Waals surface area contributed by atoms with Crippen LogP contribution in [0.1, 0.15) is 44.1 Å². The molecule has 1 atom stereocenters. The number of amides is 1. The summed E-state index contributed by atoms with van der Waals surface area (Å²) < 4.78 is 11.4. The van der Waals surface area contributed by atoms with E-state index in [4.69, 9.17) is 9.47 Å². The van der Waals surface area contributed by atoms with E-state index in [0.717, 1.165) is 86.3 Å². The Kier molecular flexibility index (Phi) is 6.37. The van der Waals surface area contributed by atoms with Crippen molar-refractivity contribution >= 4 is 28.8 Å². The molecule has 35 heavy (non-hydrogen) atoms. The number of aromatic nitrogens is 1. The maximum absolute atomic E-state index is 14.1. The molecule has 0 unspecified atom stereocenters. The Labute approximate surface area is 207 Å². The van der Waals surface area contributed by atoms with Crippen LogP contribution in [0.5, 0.6) is 0 Å². The number of benzene rings is 1. The highest BCUT2D eigenvalue weighted by molar-refractivity contribution is 6.00. The first kappa shape index (κ1) is 22.8. The van der Waals surface area contributed by atoms with Crippen LogP contribution < -0.4 is 15.1 Å². The minimum atomic E-state index is 0.0565. The molecule has 0 radical (unpaired) electrons. The van der Waals surface area contributed by atoms with Crippen LogP contribution in [-0.4, -0.2) is 50.4 Å². The van der Waals surface area contributed by atoms with Crippen molar-refractivity contribution in [1.29, 1.82) is 0 Å². The third-order valence-electron chi connectivity index (χ3n) is 8.33. The molecule has 186 valence electrons. The van der Waals surface area contributed by atoms with Gasteiger partial charge in [-0.3, -0.25) is 4.79 Å². The third kappa shape index (κ3) is 4.64. The Morgan fingerprint density at radius 1 is 1.09 bits per heavy atom. The SMILES string of the molecule is CO[C@@H](C1CC1)[C@H]1CC[C@@H](C(=O)N2Cc3cccnc3Nc3ccc(N4CCOCC4)cc32)CC1. The topological polar surface area (TPSA) is 66.9 Å². The lowest BCUT2D eigenvalue weighted by atomic mass is 9.77. The average molecular weight is 477 g/mol. The molecular weight excluding hydrogens is 440 g/mol. The first-order valence-electron chi connectivity index (χ1n) is 13.2. The van der Waals surface area contributed by atoms with Gasteiger partial charge in [0, 0.05) is 43.6 Å². The summed E-state index contributed by atoms with van der Waals surface area (Å²) in [6.45, 7) is 3.75. The fraction of sp³-hybridized carbons (Fsp3) is 0.571. The number of ether oxygens (including phenoxy) is 2. The van der Waals surface area contributed by atoms with Gasteiger partial charge in [0.2, 0.25) is 5.91 Å². The molecule has 2 aromatic rings. The first-order chi connectivity index (χ1) is 17.2. The van der Waals surface area contributed by atoms with E-state index in [1.165, 1.54) is 12.8 Å². The van der Waals surface area contributed by atoms with Gasteiger partial charge >= 0.3 is 0 Å². The molecule has 3 heterocycles. The molecule has 1 aromatic heterocycles. The first-order valence-corrected chi connectivity index (χ1v) is 13.2. The predicted octanol–water partition coefficient (Wildman–Crippen LogP) is 4.74. The van der Waals surface area contributed by atoms with Crippen LogP contribution in [0.25, 0.3) is 0 Å². The van der Waals surface area contributed by atoms with E-state index in [1.54, 1.807) is 6.20 Å². The number of carbonyl (C=O) groups is 1. The highest BCUT2D eigenvalue weighted by Crippen LogP contribution is 2.44. The maximum atomic E-state index is 14.1. The van der Waals surface area contributed by atoms with Crippen molar-refractivity contribution < 1.29 is 14.3 Å². The number of pyridine rings is 1. The zero-order chi connectivity index (χ0) is 23.8. The largest absolute Gasteiger partial charge is 0.381 e. The van der Waals surface area contributed by atoms with Gasteiger partial charge in [-0.05, 0) is 74.6 Å². The number of hydrogen-bond donors (Lipinski definition) is 1. The molecule has 1 N–H and O–H groups in total. The molecule has 7 heteroatoms. The normalized spacial score (nSPS) is 25.2. The quantitative estimate of drug-likeness (QED) is 0.672. The summed E-state index contributed by atoms with van der Waals surface area (Å²) in [6.07, 6.45) is 8.83. The van der Waals surface area contributed by atoms with E-state index in [9.17, 15) is 4.79 Å². The Balaban J connectivity index is 1.27. The number of nitrogens with zero attached hydrogens (tertiary/aromatic N) is 3. The smallest absolute Gasteiger partial charge is 0.230 e. The number of nitrogens with one attached hydrogen (secondary N) is 1. The van der Waals surface area contributed by atoms with E-state index in [2.05, 4.69) is 39.5 Å². The predicted molar refractivity (Wildman–Crippen MR) is 137 cm³/mol. The van der Waals surface area contributed by atoms with Crippen LogP contribution in [0.3, 0.4) is 0 Å². The monoisotopic (exact) mass is 476 g/mol. The van der Waals surface area contributed by atoms with Crippen molar-refractivity contribution in [3.63, 3.8) is 0 Å². The van der Waals surface area contributed by atoms with Crippen LogP contribution in [0.15, 0.2) is 36.5 Å². The highest BCUT2D eigenvalue weighted by Gasteiger charge is 2.40. The van der Waals surface area contributed by atoms with Crippen LogP contribution in [0, 0.1) is 17.8 Å². The number of anilines is 4. The maximum Gasteiger partial charge on any atom is 0.230 e. The van der Waals surface area contributed by atoms with E-state index in [0.29, 0.717) is 18.6 Å². The lowest BCUT2D eigenvalue weighted by Crippen LogP contribution is -2.39. The summed E-state index contributed by atoms with van der Waals surface area (Å²) in [5.74, 6) is 2.46. The highest BCUT2D eigenvalue weighted by atomic mass is 16.5. The van der Waals surface area contributed by atoms with Crippen molar-refractivity contribution in [3.05, 3.63) is 42.1 Å². The summed E-state index contributed by atoms with van der Waals surface area (Å²) in [4.78, 5) is 23.0. The molecule has 2 aliphatic heterocycles. The number of hydrogen-bond acceptors (Lipinski definition) is 6. The lowest BCUT2D eigenvalue weighted by molar-refractivity contribution is -0.124. The summed E-state index contributed by atoms with van der Waals surface area (Å²) in [5.41, 5.74) is 4.08. The van der Waals surface area contributed by atoms with Crippen LogP contribution in [0.2, 0.25) is 0 Å². The second kappa shape index (κ2) is 9.78. The Morgan fingerprint density at radius 3 is 2.54 bits per heavy atom. The number of carbonyl (C=O) groups excluding carboxylic acids is 1. The summed E-state index contributed by atoms with van der Waals surface area (Å²) in [6, 6.07) is 10.4. The summed E-state index contributed by atoms with van der Waals surface area (Å²) in [7, 11) is 1.86. The van der Waals surface area contributed by atoms with Gasteiger partial charge < -0.3 is 24.6 Å². The summed E-state index contributed by atoms with van der Waals surface area (Å²) >= 11 is 0. The van der Waals surface area contributed by atoms with Crippen LogP contribution in [0.4, 0.5) is 22.9 Å². The molecule has 6 rings (SSSR count). The van der Waals surface area contributed by atoms with E-state index >= 15 is 0 Å². The number of fused-ring (bicyclic) bond motifs is 2. The standard InChI is InChI=1S/C28H36N4O3/c1-34-26(19-4-5-19)20-6-8-21(9-7-20)28(33)32-18-22-3-2-12-29-27(22)30-24-11-10-23(17-25(24)32)31-13-15-35-16-14-31/h2-3,10-12,17,19-21,26H,4-9,13-16,18H2,1H3,(H,29,30)/t20-,21+,26-/m0/s1. The second-order valence-electron chi connectivity index (χ2n) is 10.5. The molecule has 4 aliphatic rings. The third-order valence-corrected chi connectivity index (χ3v) is 8.33. The van der Waals surface area contributed by atoms with Crippen molar-refractivity contribution in [2.24, 2.45) is 17.8 Å². The van der Waals surface area contributed by atoms with Crippen LogP contribution in [-0.2, 0) is 20.8 Å². The van der Waals surface area contributed by atoms with Gasteiger partial charge in [-0.2, -0.15) is 0 Å². The molecule has 0 spiro atoms. The molecule has 1 saturated heterocycles. The fourth-order valence-corrected chi connectivity index (χ4v) is 6.24. The van der Waals surface area contributed by atoms with Gasteiger partial charge in [0.1, 0.15) is 5.82 Å². The number of methoxy groups -OCH3 is 1. The van der Waals surface area contributed by atoms with Crippen LogP contribution >= 0.6 is 0 Å². The van der Waals surface area contributed by atoms with Crippen molar-refractivity contribution in [3.8, 4) is 0 Å². The molecule has 2 saturated carbocycles. The van der Waals surface area contributed by atoms with Gasteiger partial charge in [0.25, 0.3) is 0 Å². The zero-order valence-electron chi connectivity index (χ0n) is 20.6. The van der Waals surface area contributed by atoms with Crippen molar-refractivity contribution in [2.45, 2.75) is 51.2 Å². The Hall–Kier alpha value is -2.64. The van der Waals surface area contributed by atoms with Crippen molar-refractivity contribution in [2.75, 3.05) is 48.5 Å². The molecule has 7 nitrogen and oxygen atoms in total. The molecule has 2 aliphatic carbocycles. The van der Waals surface area contributed by atoms with Gasteiger partial charge in [-0.25, -0.2) is 4.98 Å². The number of morpholine rings is 1. The second-order valence-corrected chi connectivity index (χ2v) is 10.5. The Morgan fingerprint density at radius 2 is 1.83 bits per heavy atom. The minimum absolute atomic E-state index is 0.0565. The van der Waals surface area contributed by atoms with E-state index in [-0.39, 0.29) is 11.8 Å².